The van der Waals surface area contributed by atoms with Crippen molar-refractivity contribution >= 4 is 27.0 Å². The summed E-state index contributed by atoms with van der Waals surface area (Å²) in [6.45, 7) is 6.89. The summed E-state index contributed by atoms with van der Waals surface area (Å²) in [5.41, 5.74) is 0.808. The number of halogens is 1. The lowest BCUT2D eigenvalue weighted by atomic mass is 9.69. The van der Waals surface area contributed by atoms with Gasteiger partial charge in [0.15, 0.2) is 5.65 Å². The van der Waals surface area contributed by atoms with Crippen LogP contribution in [-0.2, 0) is 10.3 Å². The lowest BCUT2D eigenvalue weighted by Gasteiger charge is -2.42. The number of fused-ring (bicyclic) bond motifs is 2. The van der Waals surface area contributed by atoms with Crippen molar-refractivity contribution in [1.82, 2.24) is 14.8 Å². The molecule has 2 aromatic heterocycles. The summed E-state index contributed by atoms with van der Waals surface area (Å²) >= 11 is 3.52. The molecule has 2 saturated heterocycles. The highest BCUT2D eigenvalue weighted by molar-refractivity contribution is 9.10. The van der Waals surface area contributed by atoms with E-state index in [-0.39, 0.29) is 17.2 Å². The first-order valence-corrected chi connectivity index (χ1v) is 8.06. The Morgan fingerprint density at radius 1 is 1.43 bits per heavy atom. The Morgan fingerprint density at radius 2 is 2.19 bits per heavy atom. The summed E-state index contributed by atoms with van der Waals surface area (Å²) in [6, 6.07) is 2.02. The van der Waals surface area contributed by atoms with Gasteiger partial charge in [-0.25, -0.2) is 0 Å². The fraction of sp³-hybridized carbons (Fsp3) is 0.600. The van der Waals surface area contributed by atoms with Crippen molar-refractivity contribution in [2.75, 3.05) is 6.61 Å². The van der Waals surface area contributed by atoms with Gasteiger partial charge in [0, 0.05) is 24.4 Å². The smallest absolute Gasteiger partial charge is 0.230 e. The predicted octanol–water partition coefficient (Wildman–Crippen LogP) is 3.26. The maximum absolute atomic E-state index is 5.85. The molecule has 0 atom stereocenters. The normalized spacial score (nSPS) is 30.9. The second-order valence-corrected chi connectivity index (χ2v) is 7.60. The summed E-state index contributed by atoms with van der Waals surface area (Å²) in [6.07, 6.45) is 4.22. The molecule has 0 aromatic carbocycles. The van der Waals surface area contributed by atoms with Crippen LogP contribution in [0.4, 0.5) is 0 Å². The van der Waals surface area contributed by atoms with Gasteiger partial charge in [-0.2, -0.15) is 10.1 Å². The van der Waals surface area contributed by atoms with E-state index in [1.165, 1.54) is 0 Å². The maximum atomic E-state index is 5.85. The zero-order chi connectivity index (χ0) is 14.8. The Kier molecular flexibility index (Phi) is 2.70. The molecule has 2 aromatic rings. The van der Waals surface area contributed by atoms with Crippen LogP contribution in [0, 0.1) is 0 Å². The Hall–Kier alpha value is -1.14. The zero-order valence-electron chi connectivity index (χ0n) is 12.4. The highest BCUT2D eigenvalue weighted by Crippen LogP contribution is 2.55. The van der Waals surface area contributed by atoms with Crippen LogP contribution >= 0.6 is 15.9 Å². The topological polar surface area (TPSA) is 49.2 Å². The van der Waals surface area contributed by atoms with Crippen LogP contribution in [0.1, 0.15) is 33.6 Å². The fourth-order valence-electron chi connectivity index (χ4n) is 3.54. The molecule has 2 bridgehead atoms. The third-order valence-corrected chi connectivity index (χ3v) is 4.91. The van der Waals surface area contributed by atoms with Gasteiger partial charge in [0.05, 0.1) is 28.3 Å². The van der Waals surface area contributed by atoms with Crippen molar-refractivity contribution in [2.45, 2.75) is 50.9 Å². The minimum Gasteiger partial charge on any atom is -0.474 e. The molecule has 0 radical (unpaired) electrons. The molecule has 0 N–H and O–H groups in total. The fourth-order valence-corrected chi connectivity index (χ4v) is 3.97. The molecular formula is C15H18BrN3O2. The third kappa shape index (κ3) is 1.99. The van der Waals surface area contributed by atoms with Crippen LogP contribution in [0.3, 0.4) is 0 Å². The number of hydrogen-bond acceptors (Lipinski definition) is 4. The summed E-state index contributed by atoms with van der Waals surface area (Å²) in [5.74, 6) is 0.598. The van der Waals surface area contributed by atoms with Gasteiger partial charge in [0.25, 0.3) is 0 Å². The molecule has 5 nitrogen and oxygen atoms in total. The van der Waals surface area contributed by atoms with Crippen molar-refractivity contribution in [3.8, 4) is 5.88 Å². The first-order valence-electron chi connectivity index (χ1n) is 7.26. The average molecular weight is 352 g/mol. The maximum Gasteiger partial charge on any atom is 0.230 e. The second-order valence-electron chi connectivity index (χ2n) is 6.74. The standard InChI is InChI=1S/C15H18BrN3O2/c1-9(2)21-13-11(16)4-10-5-19(18-12(10)17-13)15-6-14(3,7-15)20-8-15/h4-5,9H,6-8H2,1-3H3. The van der Waals surface area contributed by atoms with E-state index in [0.717, 1.165) is 35.0 Å². The summed E-state index contributed by atoms with van der Waals surface area (Å²) in [5, 5.41) is 5.69. The zero-order valence-corrected chi connectivity index (χ0v) is 14.0. The van der Waals surface area contributed by atoms with E-state index in [1.54, 1.807) is 0 Å². The third-order valence-electron chi connectivity index (χ3n) is 4.34. The van der Waals surface area contributed by atoms with Crippen molar-refractivity contribution < 1.29 is 9.47 Å². The second kappa shape index (κ2) is 4.20. The van der Waals surface area contributed by atoms with Crippen LogP contribution in [0.2, 0.25) is 0 Å². The number of nitrogens with zero attached hydrogens (tertiary/aromatic N) is 3. The average Bonchev–Trinajstić information content (AvgIpc) is 2.99. The molecular weight excluding hydrogens is 334 g/mol. The van der Waals surface area contributed by atoms with Gasteiger partial charge >= 0.3 is 0 Å². The Morgan fingerprint density at radius 3 is 2.81 bits per heavy atom. The van der Waals surface area contributed by atoms with Crippen LogP contribution in [0.15, 0.2) is 16.7 Å². The van der Waals surface area contributed by atoms with E-state index >= 15 is 0 Å². The molecule has 0 amide bonds. The number of aromatic nitrogens is 3. The largest absolute Gasteiger partial charge is 0.474 e. The minimum atomic E-state index is 0.0288. The van der Waals surface area contributed by atoms with Crippen molar-refractivity contribution in [2.24, 2.45) is 0 Å². The SMILES string of the molecule is CC(C)Oc1nc2nn(C34COC(C)(C3)C4)cc2cc1Br. The van der Waals surface area contributed by atoms with Crippen LogP contribution < -0.4 is 4.74 Å². The van der Waals surface area contributed by atoms with E-state index < -0.39 is 0 Å². The van der Waals surface area contributed by atoms with E-state index in [4.69, 9.17) is 9.47 Å². The van der Waals surface area contributed by atoms with Gasteiger partial charge in [-0.1, -0.05) is 0 Å². The monoisotopic (exact) mass is 351 g/mol. The van der Waals surface area contributed by atoms with Gasteiger partial charge in [0.2, 0.25) is 5.88 Å². The summed E-state index contributed by atoms with van der Waals surface area (Å²) in [7, 11) is 0. The molecule has 3 aliphatic rings. The van der Waals surface area contributed by atoms with E-state index in [9.17, 15) is 0 Å². The van der Waals surface area contributed by atoms with Crippen LogP contribution in [-0.4, -0.2) is 33.1 Å². The number of ether oxygens (including phenoxy) is 2. The van der Waals surface area contributed by atoms with Gasteiger partial charge in [0.1, 0.15) is 0 Å². The van der Waals surface area contributed by atoms with Gasteiger partial charge in [-0.3, -0.25) is 4.68 Å². The Labute approximate surface area is 131 Å². The highest BCUT2D eigenvalue weighted by atomic mass is 79.9. The van der Waals surface area contributed by atoms with Gasteiger partial charge in [-0.05, 0) is 42.8 Å². The molecule has 2 aliphatic heterocycles. The molecule has 3 fully saturated rings. The first kappa shape index (κ1) is 13.5. The van der Waals surface area contributed by atoms with Crippen molar-refractivity contribution in [1.29, 1.82) is 0 Å². The molecule has 6 heteroatoms. The number of rotatable bonds is 3. The lowest BCUT2D eigenvalue weighted by Crippen LogP contribution is -2.49. The highest BCUT2D eigenvalue weighted by Gasteiger charge is 2.61. The predicted molar refractivity (Wildman–Crippen MR) is 82.6 cm³/mol. The number of hydrogen-bond donors (Lipinski definition) is 0. The Bertz CT molecular complexity index is 719. The minimum absolute atomic E-state index is 0.0288. The Balaban J connectivity index is 1.74. The lowest BCUT2D eigenvalue weighted by molar-refractivity contribution is 0.00382. The van der Waals surface area contributed by atoms with Crippen molar-refractivity contribution in [3.63, 3.8) is 0 Å². The molecule has 1 aliphatic carbocycles. The molecule has 112 valence electrons. The summed E-state index contributed by atoms with van der Waals surface area (Å²) < 4.78 is 14.5. The molecule has 5 rings (SSSR count). The van der Waals surface area contributed by atoms with Crippen LogP contribution in [0.5, 0.6) is 5.88 Å². The summed E-state index contributed by atoms with van der Waals surface area (Å²) in [4.78, 5) is 4.53. The molecule has 4 heterocycles. The van der Waals surface area contributed by atoms with E-state index in [2.05, 4.69) is 39.1 Å². The quantitative estimate of drug-likeness (QED) is 0.851. The van der Waals surface area contributed by atoms with Gasteiger partial charge < -0.3 is 9.47 Å². The van der Waals surface area contributed by atoms with Crippen LogP contribution in [0.25, 0.3) is 11.0 Å². The molecule has 0 spiro atoms. The van der Waals surface area contributed by atoms with E-state index in [1.807, 2.05) is 24.6 Å². The molecule has 0 unspecified atom stereocenters. The molecule has 1 saturated carbocycles. The molecule has 21 heavy (non-hydrogen) atoms. The van der Waals surface area contributed by atoms with E-state index in [0.29, 0.717) is 5.88 Å². The number of pyridine rings is 1. The van der Waals surface area contributed by atoms with Crippen molar-refractivity contribution in [3.05, 3.63) is 16.7 Å². The van der Waals surface area contributed by atoms with Gasteiger partial charge in [-0.15, -0.1) is 0 Å². The first-order chi connectivity index (χ1) is 9.89.